The molecule has 0 aliphatic carbocycles. The average molecular weight is 362 g/mol. The van der Waals surface area contributed by atoms with Crippen LogP contribution in [-0.2, 0) is 4.79 Å². The van der Waals surface area contributed by atoms with Gasteiger partial charge in [-0.05, 0) is 42.8 Å². The first-order chi connectivity index (χ1) is 11.9. The summed E-state index contributed by atoms with van der Waals surface area (Å²) in [6, 6.07) is 10.2. The lowest BCUT2D eigenvalue weighted by Crippen LogP contribution is -2.21. The van der Waals surface area contributed by atoms with Gasteiger partial charge in [-0.25, -0.2) is 0 Å². The molecule has 0 saturated carbocycles. The Bertz CT molecular complexity index is 789. The lowest BCUT2D eigenvalue weighted by Gasteiger charge is -2.13. The topological polar surface area (TPSA) is 64.6 Å². The van der Waals surface area contributed by atoms with Crippen molar-refractivity contribution >= 4 is 29.0 Å². The Hall–Kier alpha value is -2.53. The molecule has 0 atom stereocenters. The first-order valence-electron chi connectivity index (χ1n) is 7.84. The summed E-state index contributed by atoms with van der Waals surface area (Å²) < 4.78 is 10.7. The summed E-state index contributed by atoms with van der Waals surface area (Å²) >= 11 is 5.94. The lowest BCUT2D eigenvalue weighted by molar-refractivity contribution is -0.118. The largest absolute Gasteiger partial charge is 0.495 e. The van der Waals surface area contributed by atoms with Crippen LogP contribution in [-0.4, -0.2) is 25.4 Å². The number of rotatable bonds is 7. The van der Waals surface area contributed by atoms with Crippen LogP contribution in [0.5, 0.6) is 11.5 Å². The van der Waals surface area contributed by atoms with Gasteiger partial charge in [0.2, 0.25) is 0 Å². The highest BCUT2D eigenvalue weighted by molar-refractivity contribution is 6.31. The molecule has 0 aliphatic heterocycles. The van der Waals surface area contributed by atoms with Gasteiger partial charge >= 0.3 is 0 Å². The molecule has 2 rings (SSSR count). The van der Waals surface area contributed by atoms with Gasteiger partial charge in [0.15, 0.2) is 12.4 Å². The summed E-state index contributed by atoms with van der Waals surface area (Å²) in [6.07, 6.45) is 0.323. The van der Waals surface area contributed by atoms with Crippen LogP contribution in [0.25, 0.3) is 0 Å². The van der Waals surface area contributed by atoms with Gasteiger partial charge in [0, 0.05) is 11.4 Å². The van der Waals surface area contributed by atoms with E-state index in [0.29, 0.717) is 34.2 Å². The van der Waals surface area contributed by atoms with E-state index in [1.165, 1.54) is 7.11 Å². The predicted molar refractivity (Wildman–Crippen MR) is 97.9 cm³/mol. The van der Waals surface area contributed by atoms with Crippen molar-refractivity contribution in [3.63, 3.8) is 0 Å². The Morgan fingerprint density at radius 3 is 2.52 bits per heavy atom. The Morgan fingerprint density at radius 1 is 1.12 bits per heavy atom. The Balaban J connectivity index is 2.08. The highest BCUT2D eigenvalue weighted by Crippen LogP contribution is 2.26. The molecule has 25 heavy (non-hydrogen) atoms. The molecule has 0 bridgehead atoms. The molecule has 0 spiro atoms. The molecule has 0 fully saturated rings. The van der Waals surface area contributed by atoms with Crippen molar-refractivity contribution in [3.8, 4) is 11.5 Å². The van der Waals surface area contributed by atoms with Gasteiger partial charge < -0.3 is 14.8 Å². The fourth-order valence-corrected chi connectivity index (χ4v) is 2.46. The number of hydrogen-bond acceptors (Lipinski definition) is 4. The summed E-state index contributed by atoms with van der Waals surface area (Å²) in [5.74, 6) is 0.446. The molecule has 0 unspecified atom stereocenters. The van der Waals surface area contributed by atoms with E-state index < -0.39 is 0 Å². The number of amides is 1. The van der Waals surface area contributed by atoms with Crippen LogP contribution in [0.15, 0.2) is 36.4 Å². The molecule has 132 valence electrons. The molecule has 1 amide bonds. The SMILES string of the molecule is CCC(=O)c1cc(Cl)ccc1OCC(=O)Nc1cc(C)ccc1OC. The van der Waals surface area contributed by atoms with Crippen molar-refractivity contribution in [2.45, 2.75) is 20.3 Å². The van der Waals surface area contributed by atoms with Crippen LogP contribution in [0.4, 0.5) is 5.69 Å². The summed E-state index contributed by atoms with van der Waals surface area (Å²) in [6.45, 7) is 3.44. The van der Waals surface area contributed by atoms with E-state index in [0.717, 1.165) is 5.56 Å². The van der Waals surface area contributed by atoms with Gasteiger partial charge in [0.1, 0.15) is 11.5 Å². The summed E-state index contributed by atoms with van der Waals surface area (Å²) in [4.78, 5) is 24.2. The molecule has 6 heteroatoms. The molecule has 0 aliphatic rings. The fraction of sp³-hybridized carbons (Fsp3) is 0.263. The van der Waals surface area contributed by atoms with Crippen molar-refractivity contribution in [2.24, 2.45) is 0 Å². The van der Waals surface area contributed by atoms with E-state index in [1.807, 2.05) is 19.1 Å². The quantitative estimate of drug-likeness (QED) is 0.748. The first kappa shape index (κ1) is 18.8. The third kappa shape index (κ3) is 4.97. The van der Waals surface area contributed by atoms with Crippen molar-refractivity contribution in [2.75, 3.05) is 19.0 Å². The Kier molecular flexibility index (Phi) is 6.42. The molecule has 0 heterocycles. The number of carbonyl (C=O) groups is 2. The number of anilines is 1. The van der Waals surface area contributed by atoms with Crippen LogP contribution in [0.3, 0.4) is 0 Å². The lowest BCUT2D eigenvalue weighted by atomic mass is 10.1. The second-order valence-corrected chi connectivity index (χ2v) is 5.89. The number of Topliss-reactive ketones (excluding diaryl/α,β-unsaturated/α-hetero) is 1. The van der Waals surface area contributed by atoms with Gasteiger partial charge in [-0.3, -0.25) is 9.59 Å². The maximum Gasteiger partial charge on any atom is 0.262 e. The molecule has 0 radical (unpaired) electrons. The number of benzene rings is 2. The van der Waals surface area contributed by atoms with Gasteiger partial charge in [-0.15, -0.1) is 0 Å². The van der Waals surface area contributed by atoms with Crippen LogP contribution in [0.1, 0.15) is 29.3 Å². The number of carbonyl (C=O) groups excluding carboxylic acids is 2. The summed E-state index contributed by atoms with van der Waals surface area (Å²) in [5.41, 5.74) is 1.93. The van der Waals surface area contributed by atoms with E-state index in [2.05, 4.69) is 5.32 Å². The van der Waals surface area contributed by atoms with Crippen LogP contribution in [0.2, 0.25) is 5.02 Å². The maximum atomic E-state index is 12.2. The minimum atomic E-state index is -0.353. The maximum absolute atomic E-state index is 12.2. The van der Waals surface area contributed by atoms with Crippen molar-refractivity contribution < 1.29 is 19.1 Å². The number of hydrogen-bond donors (Lipinski definition) is 1. The zero-order valence-corrected chi connectivity index (χ0v) is 15.1. The van der Waals surface area contributed by atoms with Crippen LogP contribution < -0.4 is 14.8 Å². The number of aryl methyl sites for hydroxylation is 1. The predicted octanol–water partition coefficient (Wildman–Crippen LogP) is 4.27. The summed E-state index contributed by atoms with van der Waals surface area (Å²) in [5, 5.41) is 3.19. The monoisotopic (exact) mass is 361 g/mol. The zero-order valence-electron chi connectivity index (χ0n) is 14.4. The second kappa shape index (κ2) is 8.53. The normalized spacial score (nSPS) is 10.2. The summed E-state index contributed by atoms with van der Waals surface area (Å²) in [7, 11) is 1.53. The van der Waals surface area contributed by atoms with Crippen molar-refractivity contribution in [1.82, 2.24) is 0 Å². The van der Waals surface area contributed by atoms with E-state index in [-0.39, 0.29) is 18.3 Å². The first-order valence-corrected chi connectivity index (χ1v) is 8.22. The van der Waals surface area contributed by atoms with Gasteiger partial charge in [0.25, 0.3) is 5.91 Å². The molecular weight excluding hydrogens is 342 g/mol. The molecular formula is C19H20ClNO4. The zero-order chi connectivity index (χ0) is 18.4. The molecule has 2 aromatic rings. The second-order valence-electron chi connectivity index (χ2n) is 5.46. The van der Waals surface area contributed by atoms with Crippen molar-refractivity contribution in [3.05, 3.63) is 52.5 Å². The number of nitrogens with one attached hydrogen (secondary N) is 1. The third-order valence-corrected chi connectivity index (χ3v) is 3.79. The van der Waals surface area contributed by atoms with E-state index in [9.17, 15) is 9.59 Å². The molecule has 2 aromatic carbocycles. The van der Waals surface area contributed by atoms with E-state index >= 15 is 0 Å². The highest BCUT2D eigenvalue weighted by atomic mass is 35.5. The third-order valence-electron chi connectivity index (χ3n) is 3.55. The van der Waals surface area contributed by atoms with Gasteiger partial charge in [0.05, 0.1) is 18.4 Å². The standard InChI is InChI=1S/C19H20ClNO4/c1-4-16(22)14-10-13(20)6-8-17(14)25-11-19(23)21-15-9-12(2)5-7-18(15)24-3/h5-10H,4,11H2,1-3H3,(H,21,23). The Labute approximate surface area is 151 Å². The molecule has 0 aromatic heterocycles. The number of ether oxygens (including phenoxy) is 2. The van der Waals surface area contributed by atoms with Crippen molar-refractivity contribution in [1.29, 1.82) is 0 Å². The average Bonchev–Trinajstić information content (AvgIpc) is 2.60. The molecule has 1 N–H and O–H groups in total. The van der Waals surface area contributed by atoms with E-state index in [4.69, 9.17) is 21.1 Å². The van der Waals surface area contributed by atoms with Crippen LogP contribution >= 0.6 is 11.6 Å². The smallest absolute Gasteiger partial charge is 0.262 e. The minimum Gasteiger partial charge on any atom is -0.495 e. The molecule has 5 nitrogen and oxygen atoms in total. The Morgan fingerprint density at radius 2 is 1.84 bits per heavy atom. The fourth-order valence-electron chi connectivity index (χ4n) is 2.29. The highest BCUT2D eigenvalue weighted by Gasteiger charge is 2.14. The number of ketones is 1. The number of halogens is 1. The number of methoxy groups -OCH3 is 1. The van der Waals surface area contributed by atoms with Crippen LogP contribution in [0, 0.1) is 6.92 Å². The molecule has 0 saturated heterocycles. The van der Waals surface area contributed by atoms with Gasteiger partial charge in [-0.2, -0.15) is 0 Å². The van der Waals surface area contributed by atoms with Gasteiger partial charge in [-0.1, -0.05) is 24.6 Å². The minimum absolute atomic E-state index is 0.0988. The van der Waals surface area contributed by atoms with E-state index in [1.54, 1.807) is 31.2 Å².